The van der Waals surface area contributed by atoms with Gasteiger partial charge in [-0.05, 0) is 55.8 Å². The first kappa shape index (κ1) is 20.3. The van der Waals surface area contributed by atoms with Gasteiger partial charge >= 0.3 is 0 Å². The molecule has 2 heterocycles. The van der Waals surface area contributed by atoms with Crippen LogP contribution in [0.15, 0.2) is 75.2 Å². The van der Waals surface area contributed by atoms with Gasteiger partial charge in [0.15, 0.2) is 0 Å². The summed E-state index contributed by atoms with van der Waals surface area (Å²) in [5.74, 6) is 0.772. The van der Waals surface area contributed by atoms with E-state index in [1.54, 1.807) is 12.3 Å². The zero-order chi connectivity index (χ0) is 21.3. The third kappa shape index (κ3) is 3.87. The Morgan fingerprint density at radius 1 is 1.17 bits per heavy atom. The van der Waals surface area contributed by atoms with Crippen LogP contribution in [0.25, 0.3) is 16.6 Å². The minimum atomic E-state index is -0.165. The predicted molar refractivity (Wildman–Crippen MR) is 126 cm³/mol. The molecule has 0 aliphatic carbocycles. The molecule has 2 aromatic heterocycles. The van der Waals surface area contributed by atoms with Gasteiger partial charge in [0.25, 0.3) is 5.56 Å². The topological polar surface area (TPSA) is 52.2 Å². The third-order valence-corrected chi connectivity index (χ3v) is 5.78. The molecule has 6 heteroatoms. The Bertz CT molecular complexity index is 1290. The second kappa shape index (κ2) is 8.40. The van der Waals surface area contributed by atoms with Gasteiger partial charge in [-0.3, -0.25) is 4.79 Å². The van der Waals surface area contributed by atoms with Crippen molar-refractivity contribution in [2.75, 3.05) is 0 Å². The van der Waals surface area contributed by atoms with E-state index in [4.69, 9.17) is 4.98 Å². The van der Waals surface area contributed by atoms with E-state index >= 15 is 0 Å². The van der Waals surface area contributed by atoms with Crippen LogP contribution in [-0.2, 0) is 0 Å². The SMILES string of the molecule is CC[C@@H](C)c1nc2ccc(Br)cc2c(=O)n1N=Cc1cccn1-c1ccc(C)cc1. The second-order valence-corrected chi connectivity index (χ2v) is 8.36. The number of aromatic nitrogens is 3. The molecule has 0 amide bonds. The monoisotopic (exact) mass is 462 g/mol. The Balaban J connectivity index is 1.83. The molecule has 0 aliphatic rings. The number of aryl methyl sites for hydroxylation is 1. The molecule has 0 bridgehead atoms. The summed E-state index contributed by atoms with van der Waals surface area (Å²) in [5.41, 5.74) is 3.66. The van der Waals surface area contributed by atoms with Gasteiger partial charge in [0.05, 0.1) is 22.8 Å². The largest absolute Gasteiger partial charge is 0.316 e. The van der Waals surface area contributed by atoms with Gasteiger partial charge in [0.1, 0.15) is 5.82 Å². The van der Waals surface area contributed by atoms with Crippen molar-refractivity contribution in [3.05, 3.63) is 92.7 Å². The van der Waals surface area contributed by atoms with Gasteiger partial charge in [-0.25, -0.2) is 4.98 Å². The molecule has 5 nitrogen and oxygen atoms in total. The van der Waals surface area contributed by atoms with Crippen LogP contribution in [0, 0.1) is 6.92 Å². The molecule has 0 spiro atoms. The Morgan fingerprint density at radius 3 is 2.67 bits per heavy atom. The van der Waals surface area contributed by atoms with Crippen molar-refractivity contribution in [1.29, 1.82) is 0 Å². The zero-order valence-electron chi connectivity index (χ0n) is 17.2. The van der Waals surface area contributed by atoms with Crippen LogP contribution >= 0.6 is 15.9 Å². The summed E-state index contributed by atoms with van der Waals surface area (Å²) in [6.07, 6.45) is 4.57. The molecule has 0 N–H and O–H groups in total. The summed E-state index contributed by atoms with van der Waals surface area (Å²) in [6.45, 7) is 6.21. The quantitative estimate of drug-likeness (QED) is 0.359. The number of benzene rings is 2. The summed E-state index contributed by atoms with van der Waals surface area (Å²) in [7, 11) is 0. The van der Waals surface area contributed by atoms with Gasteiger partial charge in [-0.15, -0.1) is 0 Å². The second-order valence-electron chi connectivity index (χ2n) is 7.44. The van der Waals surface area contributed by atoms with Crippen molar-refractivity contribution in [3.8, 4) is 5.69 Å². The van der Waals surface area contributed by atoms with Crippen molar-refractivity contribution in [1.82, 2.24) is 14.2 Å². The number of nitrogens with zero attached hydrogens (tertiary/aromatic N) is 4. The first-order chi connectivity index (χ1) is 14.5. The summed E-state index contributed by atoms with van der Waals surface area (Å²) < 4.78 is 4.33. The van der Waals surface area contributed by atoms with Gasteiger partial charge in [0, 0.05) is 22.3 Å². The maximum atomic E-state index is 13.3. The fraction of sp³-hybridized carbons (Fsp3) is 0.208. The van der Waals surface area contributed by atoms with Gasteiger partial charge in [0.2, 0.25) is 0 Å². The van der Waals surface area contributed by atoms with Gasteiger partial charge < -0.3 is 4.57 Å². The molecule has 1 atom stereocenters. The normalized spacial score (nSPS) is 12.7. The van der Waals surface area contributed by atoms with E-state index in [0.29, 0.717) is 16.7 Å². The van der Waals surface area contributed by atoms with Crippen LogP contribution in [0.1, 0.15) is 43.3 Å². The van der Waals surface area contributed by atoms with Crippen LogP contribution in [0.5, 0.6) is 0 Å². The smallest absolute Gasteiger partial charge is 0.282 e. The Morgan fingerprint density at radius 2 is 1.93 bits per heavy atom. The average Bonchev–Trinajstić information content (AvgIpc) is 3.22. The highest BCUT2D eigenvalue weighted by Crippen LogP contribution is 2.21. The number of hydrogen-bond donors (Lipinski definition) is 0. The molecular formula is C24H23BrN4O. The summed E-state index contributed by atoms with van der Waals surface area (Å²) in [6, 6.07) is 17.8. The Hall–Kier alpha value is -2.99. The molecule has 0 saturated heterocycles. The minimum absolute atomic E-state index is 0.104. The molecule has 152 valence electrons. The van der Waals surface area contributed by atoms with Crippen LogP contribution in [0.4, 0.5) is 0 Å². The average molecular weight is 463 g/mol. The zero-order valence-corrected chi connectivity index (χ0v) is 18.8. The minimum Gasteiger partial charge on any atom is -0.316 e. The molecule has 0 saturated carbocycles. The lowest BCUT2D eigenvalue weighted by molar-refractivity contribution is 0.613. The molecule has 0 radical (unpaired) electrons. The van der Waals surface area contributed by atoms with Crippen LogP contribution in [0.2, 0.25) is 0 Å². The van der Waals surface area contributed by atoms with Gasteiger partial charge in [-0.1, -0.05) is 47.5 Å². The standard InChI is InChI=1S/C24H23BrN4O/c1-4-17(3)23-27-22-12-9-18(25)14-21(22)24(30)29(23)26-15-20-6-5-13-28(20)19-10-7-16(2)8-11-19/h5-15,17H,4H2,1-3H3/t17-/m1/s1. The summed E-state index contributed by atoms with van der Waals surface area (Å²) >= 11 is 3.45. The fourth-order valence-corrected chi connectivity index (χ4v) is 3.70. The van der Waals surface area contributed by atoms with Crippen LogP contribution < -0.4 is 5.56 Å². The summed E-state index contributed by atoms with van der Waals surface area (Å²) in [5, 5.41) is 5.13. The first-order valence-corrected chi connectivity index (χ1v) is 10.8. The van der Waals surface area contributed by atoms with E-state index in [2.05, 4.69) is 66.1 Å². The number of fused-ring (bicyclic) bond motifs is 1. The highest BCUT2D eigenvalue weighted by atomic mass is 79.9. The van der Waals surface area contributed by atoms with Crippen LogP contribution in [-0.4, -0.2) is 20.4 Å². The maximum absolute atomic E-state index is 13.3. The highest BCUT2D eigenvalue weighted by Gasteiger charge is 2.15. The molecule has 2 aromatic carbocycles. The molecule has 0 unspecified atom stereocenters. The molecule has 0 aliphatic heterocycles. The lowest BCUT2D eigenvalue weighted by Crippen LogP contribution is -2.23. The van der Waals surface area contributed by atoms with Crippen molar-refractivity contribution >= 4 is 33.0 Å². The van der Waals surface area contributed by atoms with E-state index in [1.807, 2.05) is 35.0 Å². The van der Waals surface area contributed by atoms with E-state index in [1.165, 1.54) is 10.2 Å². The molecule has 30 heavy (non-hydrogen) atoms. The number of rotatable bonds is 5. The van der Waals surface area contributed by atoms with E-state index < -0.39 is 0 Å². The number of hydrogen-bond acceptors (Lipinski definition) is 3. The van der Waals surface area contributed by atoms with Crippen LogP contribution in [0.3, 0.4) is 0 Å². The molecule has 0 fully saturated rings. The highest BCUT2D eigenvalue weighted by molar-refractivity contribution is 9.10. The number of halogens is 1. The fourth-order valence-electron chi connectivity index (χ4n) is 3.34. The molecular weight excluding hydrogens is 440 g/mol. The van der Waals surface area contributed by atoms with E-state index in [9.17, 15) is 4.79 Å². The molecule has 4 rings (SSSR count). The Kier molecular flexibility index (Phi) is 5.68. The Labute approximate surface area is 183 Å². The molecule has 4 aromatic rings. The predicted octanol–water partition coefficient (Wildman–Crippen LogP) is 5.65. The van der Waals surface area contributed by atoms with E-state index in [0.717, 1.165) is 22.3 Å². The van der Waals surface area contributed by atoms with Crippen molar-refractivity contribution < 1.29 is 0 Å². The van der Waals surface area contributed by atoms with Gasteiger partial charge in [-0.2, -0.15) is 9.78 Å². The maximum Gasteiger partial charge on any atom is 0.282 e. The van der Waals surface area contributed by atoms with Crippen molar-refractivity contribution in [2.45, 2.75) is 33.1 Å². The lowest BCUT2D eigenvalue weighted by Gasteiger charge is -2.14. The van der Waals surface area contributed by atoms with Crippen molar-refractivity contribution in [3.63, 3.8) is 0 Å². The third-order valence-electron chi connectivity index (χ3n) is 5.28. The van der Waals surface area contributed by atoms with E-state index in [-0.39, 0.29) is 11.5 Å². The van der Waals surface area contributed by atoms with Crippen molar-refractivity contribution in [2.24, 2.45) is 5.10 Å². The first-order valence-electron chi connectivity index (χ1n) is 9.99. The lowest BCUT2D eigenvalue weighted by atomic mass is 10.1. The summed E-state index contributed by atoms with van der Waals surface area (Å²) in [4.78, 5) is 18.0.